The summed E-state index contributed by atoms with van der Waals surface area (Å²) < 4.78 is 42.4. The summed E-state index contributed by atoms with van der Waals surface area (Å²) in [5, 5.41) is 0. The second-order valence-electron chi connectivity index (χ2n) is 9.02. The summed E-state index contributed by atoms with van der Waals surface area (Å²) in [6.45, 7) is 9.62. The summed E-state index contributed by atoms with van der Waals surface area (Å²) in [4.78, 5) is 24.9. The fraction of sp³-hybridized carbons (Fsp3) is 0.333. The Morgan fingerprint density at radius 2 is 1.86 bits per heavy atom. The summed E-state index contributed by atoms with van der Waals surface area (Å²) in [7, 11) is -2.88. The molecule has 1 atom stereocenters. The van der Waals surface area contributed by atoms with E-state index in [0.717, 1.165) is 22.3 Å². The zero-order valence-electron chi connectivity index (χ0n) is 20.3. The lowest BCUT2D eigenvalue weighted by atomic mass is 9.88. The van der Waals surface area contributed by atoms with Gasteiger partial charge in [-0.3, -0.25) is 4.79 Å². The van der Waals surface area contributed by atoms with Crippen LogP contribution in [-0.4, -0.2) is 27.5 Å². The lowest BCUT2D eigenvalue weighted by Crippen LogP contribution is -2.16. The van der Waals surface area contributed by atoms with Gasteiger partial charge in [-0.25, -0.2) is 4.79 Å². The molecule has 0 saturated heterocycles. The molecule has 35 heavy (non-hydrogen) atoms. The summed E-state index contributed by atoms with van der Waals surface area (Å²) >= 11 is 0. The highest BCUT2D eigenvalue weighted by Gasteiger charge is 2.36. The van der Waals surface area contributed by atoms with Crippen molar-refractivity contribution in [2.45, 2.75) is 51.5 Å². The van der Waals surface area contributed by atoms with Crippen molar-refractivity contribution in [3.8, 4) is 5.75 Å². The van der Waals surface area contributed by atoms with Gasteiger partial charge in [-0.15, -0.1) is 0 Å². The van der Waals surface area contributed by atoms with E-state index in [0.29, 0.717) is 36.0 Å². The summed E-state index contributed by atoms with van der Waals surface area (Å²) in [6, 6.07) is 6.30. The third kappa shape index (κ3) is 4.50. The molecular formula is C27H28O7S. The quantitative estimate of drug-likeness (QED) is 0.308. The minimum atomic E-state index is -4.24. The van der Waals surface area contributed by atoms with Crippen molar-refractivity contribution in [2.24, 2.45) is 5.92 Å². The first-order chi connectivity index (χ1) is 16.6. The highest BCUT2D eigenvalue weighted by Crippen LogP contribution is 2.43. The maximum absolute atomic E-state index is 13.3. The Bertz CT molecular complexity index is 1370. The van der Waals surface area contributed by atoms with Gasteiger partial charge in [0.25, 0.3) is 0 Å². The summed E-state index contributed by atoms with van der Waals surface area (Å²) in [6.07, 6.45) is 3.00. The Morgan fingerprint density at radius 3 is 2.49 bits per heavy atom. The van der Waals surface area contributed by atoms with Crippen LogP contribution in [0.4, 0.5) is 0 Å². The van der Waals surface area contributed by atoms with E-state index < -0.39 is 16.1 Å². The molecule has 184 valence electrons. The first kappa shape index (κ1) is 24.7. The van der Waals surface area contributed by atoms with Gasteiger partial charge in [-0.1, -0.05) is 41.5 Å². The molecule has 0 N–H and O–H groups in total. The van der Waals surface area contributed by atoms with Crippen molar-refractivity contribution in [3.63, 3.8) is 0 Å². The van der Waals surface area contributed by atoms with Gasteiger partial charge in [0.15, 0.2) is 5.75 Å². The van der Waals surface area contributed by atoms with Gasteiger partial charge in [0.05, 0.1) is 13.0 Å². The minimum Gasteiger partial charge on any atom is -0.469 e. The molecule has 8 heteroatoms. The van der Waals surface area contributed by atoms with Crippen LogP contribution in [0.5, 0.6) is 5.75 Å². The van der Waals surface area contributed by atoms with Gasteiger partial charge in [-0.2, -0.15) is 8.42 Å². The van der Waals surface area contributed by atoms with Crippen LogP contribution in [0.3, 0.4) is 0 Å². The van der Waals surface area contributed by atoms with E-state index in [1.54, 1.807) is 18.2 Å². The second kappa shape index (κ2) is 9.34. The average molecular weight is 497 g/mol. The molecule has 1 aliphatic heterocycles. The fourth-order valence-corrected chi connectivity index (χ4v) is 5.80. The number of esters is 2. The van der Waals surface area contributed by atoms with E-state index in [-0.39, 0.29) is 34.7 Å². The molecule has 0 fully saturated rings. The number of allylic oxidation sites excluding steroid dienone is 2. The largest absolute Gasteiger partial charge is 0.469 e. The van der Waals surface area contributed by atoms with Gasteiger partial charge in [0.1, 0.15) is 17.1 Å². The van der Waals surface area contributed by atoms with Crippen LogP contribution in [0.15, 0.2) is 46.9 Å². The zero-order valence-corrected chi connectivity index (χ0v) is 21.1. The molecule has 0 bridgehead atoms. The lowest BCUT2D eigenvalue weighted by Gasteiger charge is -2.20. The van der Waals surface area contributed by atoms with E-state index in [1.807, 2.05) is 20.8 Å². The maximum atomic E-state index is 13.3. The van der Waals surface area contributed by atoms with E-state index in [4.69, 9.17) is 13.7 Å². The van der Waals surface area contributed by atoms with Gasteiger partial charge < -0.3 is 13.7 Å². The number of ether oxygens (including phenoxy) is 2. The van der Waals surface area contributed by atoms with Crippen LogP contribution in [0.1, 0.15) is 57.9 Å². The normalized spacial score (nSPS) is 17.3. The monoisotopic (exact) mass is 496 g/mol. The van der Waals surface area contributed by atoms with Crippen LogP contribution < -0.4 is 4.18 Å². The first-order valence-electron chi connectivity index (χ1n) is 11.3. The third-order valence-electron chi connectivity index (χ3n) is 6.82. The number of aryl methyl sites for hydroxylation is 1. The average Bonchev–Trinajstić information content (AvgIpc) is 3.39. The summed E-state index contributed by atoms with van der Waals surface area (Å²) in [5.41, 5.74) is 5.64. The molecule has 0 saturated carbocycles. The van der Waals surface area contributed by atoms with Gasteiger partial charge in [0.2, 0.25) is 0 Å². The predicted molar refractivity (Wildman–Crippen MR) is 131 cm³/mol. The van der Waals surface area contributed by atoms with Gasteiger partial charge in [-0.05, 0) is 63.3 Å². The van der Waals surface area contributed by atoms with Crippen LogP contribution in [0.25, 0.3) is 6.08 Å². The number of methoxy groups -OCH3 is 1. The SMILES string of the molecule is C=Cc1c(C)c2c(c(OS(=O)(=O)c3ccc(C)cc3)c1CC1=C(C)CC(C(=O)OC)C1)C(=O)OC2. The number of carbonyl (C=O) groups excluding carboxylic acids is 2. The van der Waals surface area contributed by atoms with Crippen LogP contribution in [0, 0.1) is 19.8 Å². The Morgan fingerprint density at radius 1 is 1.17 bits per heavy atom. The Balaban J connectivity index is 1.85. The molecular weight excluding hydrogens is 468 g/mol. The number of hydrogen-bond donors (Lipinski definition) is 0. The molecule has 1 aliphatic carbocycles. The van der Waals surface area contributed by atoms with Crippen molar-refractivity contribution < 1.29 is 31.7 Å². The van der Waals surface area contributed by atoms with E-state index in [1.165, 1.54) is 19.2 Å². The number of hydrogen-bond acceptors (Lipinski definition) is 7. The minimum absolute atomic E-state index is 0.0167. The predicted octanol–water partition coefficient (Wildman–Crippen LogP) is 4.83. The highest BCUT2D eigenvalue weighted by atomic mass is 32.2. The Hall–Kier alpha value is -3.39. The van der Waals surface area contributed by atoms with Gasteiger partial charge >= 0.3 is 22.1 Å². The molecule has 1 heterocycles. The number of benzene rings is 2. The van der Waals surface area contributed by atoms with E-state index >= 15 is 0 Å². The number of rotatable bonds is 7. The smallest absolute Gasteiger partial charge is 0.342 e. The lowest BCUT2D eigenvalue weighted by molar-refractivity contribution is -0.145. The Kier molecular flexibility index (Phi) is 6.60. The zero-order chi connectivity index (χ0) is 25.5. The summed E-state index contributed by atoms with van der Waals surface area (Å²) in [5.74, 6) is -1.23. The number of carbonyl (C=O) groups is 2. The van der Waals surface area contributed by atoms with E-state index in [9.17, 15) is 18.0 Å². The van der Waals surface area contributed by atoms with Crippen LogP contribution >= 0.6 is 0 Å². The van der Waals surface area contributed by atoms with Crippen molar-refractivity contribution >= 4 is 28.1 Å². The molecule has 0 aromatic heterocycles. The number of cyclic esters (lactones) is 1. The van der Waals surface area contributed by atoms with Crippen molar-refractivity contribution in [1.82, 2.24) is 0 Å². The molecule has 0 spiro atoms. The van der Waals surface area contributed by atoms with Gasteiger partial charge in [0, 0.05) is 11.1 Å². The third-order valence-corrected chi connectivity index (χ3v) is 8.05. The van der Waals surface area contributed by atoms with Crippen LogP contribution in [-0.2, 0) is 37.4 Å². The standard InChI is InChI=1S/C27H28O7S/c1-6-21-17(4)23-14-33-27(29)24(23)25(34-35(30,31)20-9-7-15(2)8-10-20)22(21)13-18-12-19(11-16(18)3)26(28)32-5/h6-10,19H,1,11-14H2,2-5H3. The molecule has 7 nitrogen and oxygen atoms in total. The first-order valence-corrected chi connectivity index (χ1v) is 12.7. The fourth-order valence-electron chi connectivity index (χ4n) is 4.83. The molecule has 0 amide bonds. The molecule has 2 aromatic carbocycles. The molecule has 4 rings (SSSR count). The molecule has 0 radical (unpaired) electrons. The van der Waals surface area contributed by atoms with Crippen molar-refractivity contribution in [2.75, 3.05) is 7.11 Å². The number of fused-ring (bicyclic) bond motifs is 1. The molecule has 1 unspecified atom stereocenters. The Labute approximate surface area is 205 Å². The molecule has 2 aromatic rings. The second-order valence-corrected chi connectivity index (χ2v) is 10.6. The van der Waals surface area contributed by atoms with Crippen molar-refractivity contribution in [3.05, 3.63) is 75.4 Å². The maximum Gasteiger partial charge on any atom is 0.342 e. The topological polar surface area (TPSA) is 96.0 Å². The van der Waals surface area contributed by atoms with E-state index in [2.05, 4.69) is 6.58 Å². The van der Waals surface area contributed by atoms with Crippen LogP contribution in [0.2, 0.25) is 0 Å². The highest BCUT2D eigenvalue weighted by molar-refractivity contribution is 7.87. The molecule has 2 aliphatic rings. The van der Waals surface area contributed by atoms with Crippen molar-refractivity contribution in [1.29, 1.82) is 0 Å².